The van der Waals surface area contributed by atoms with Gasteiger partial charge in [-0.1, -0.05) is 44.2 Å². The van der Waals surface area contributed by atoms with Gasteiger partial charge < -0.3 is 29.7 Å². The van der Waals surface area contributed by atoms with Crippen molar-refractivity contribution in [2.24, 2.45) is 23.7 Å². The molecule has 2 bridgehead atoms. The lowest BCUT2D eigenvalue weighted by atomic mass is 9.58. The van der Waals surface area contributed by atoms with Gasteiger partial charge in [-0.05, 0) is 43.6 Å². The van der Waals surface area contributed by atoms with Gasteiger partial charge in [0, 0.05) is 24.7 Å². The van der Waals surface area contributed by atoms with Gasteiger partial charge in [0.25, 0.3) is 0 Å². The minimum absolute atomic E-state index is 0.0167. The molecule has 5 aliphatic rings. The maximum absolute atomic E-state index is 12.8. The normalized spacial score (nSPS) is 38.6. The number of carbonyl (C=O) groups is 3. The molecule has 4 aliphatic heterocycles. The first-order chi connectivity index (χ1) is 18.5. The standard InChI is InChI=1S/C28H37NO10/c1-15-9-10-19-16(2)25(36-26-28(19)18(15)13-14-27(3,37-26)38-39-28)35-21(31)12-11-20(30)29-22(24(33)34)23(32)17-7-5-4-6-8-17/h4-8,15-16,18-19,22-23,25-26,32H,9-14H2,1-3H3,(H,29,30)(H,33,34)/t15-,16-,18+,19+,22+,23-,25-,26-,27+,28-/m1/s1. The van der Waals surface area contributed by atoms with Gasteiger partial charge in [0.1, 0.15) is 6.10 Å². The van der Waals surface area contributed by atoms with Gasteiger partial charge in [-0.25, -0.2) is 14.6 Å². The van der Waals surface area contributed by atoms with Crippen LogP contribution in [0.5, 0.6) is 0 Å². The molecular weight excluding hydrogens is 510 g/mol. The monoisotopic (exact) mass is 547 g/mol. The zero-order chi connectivity index (χ0) is 27.9. The number of esters is 1. The van der Waals surface area contributed by atoms with Crippen LogP contribution < -0.4 is 5.32 Å². The highest BCUT2D eigenvalue weighted by Crippen LogP contribution is 2.60. The Morgan fingerprint density at radius 3 is 2.54 bits per heavy atom. The smallest absolute Gasteiger partial charge is 0.329 e. The minimum Gasteiger partial charge on any atom is -0.480 e. The summed E-state index contributed by atoms with van der Waals surface area (Å²) in [7, 11) is 0. The third kappa shape index (κ3) is 5.18. The molecule has 1 amide bonds. The second-order valence-corrected chi connectivity index (χ2v) is 11.5. The molecule has 0 radical (unpaired) electrons. The highest BCUT2D eigenvalue weighted by atomic mass is 17.3. The fourth-order valence-electron chi connectivity index (χ4n) is 6.77. The van der Waals surface area contributed by atoms with Crippen LogP contribution in [0.4, 0.5) is 0 Å². The van der Waals surface area contributed by atoms with Gasteiger partial charge in [-0.2, -0.15) is 0 Å². The molecule has 11 heteroatoms. The lowest BCUT2D eigenvalue weighted by molar-refractivity contribution is -0.576. The third-order valence-electron chi connectivity index (χ3n) is 8.94. The maximum atomic E-state index is 12.8. The quantitative estimate of drug-likeness (QED) is 0.327. The van der Waals surface area contributed by atoms with Crippen LogP contribution in [0.25, 0.3) is 0 Å². The average molecular weight is 548 g/mol. The van der Waals surface area contributed by atoms with E-state index in [0.717, 1.165) is 19.3 Å². The molecule has 11 nitrogen and oxygen atoms in total. The molecule has 214 valence electrons. The Morgan fingerprint density at radius 1 is 1.08 bits per heavy atom. The summed E-state index contributed by atoms with van der Waals surface area (Å²) in [6.45, 7) is 5.99. The Labute approximate surface area is 227 Å². The Balaban J connectivity index is 1.20. The van der Waals surface area contributed by atoms with Gasteiger partial charge in [0.05, 0.1) is 6.42 Å². The van der Waals surface area contributed by atoms with E-state index in [1.165, 1.54) is 0 Å². The van der Waals surface area contributed by atoms with E-state index in [1.54, 1.807) is 30.3 Å². The number of aliphatic hydroxyl groups is 1. The summed E-state index contributed by atoms with van der Waals surface area (Å²) in [4.78, 5) is 48.8. The zero-order valence-corrected chi connectivity index (χ0v) is 22.4. The molecule has 1 aromatic rings. The molecule has 1 aromatic carbocycles. The summed E-state index contributed by atoms with van der Waals surface area (Å²) < 4.78 is 18.2. The van der Waals surface area contributed by atoms with Crippen molar-refractivity contribution in [1.29, 1.82) is 0 Å². The number of amides is 1. The Morgan fingerprint density at radius 2 is 1.82 bits per heavy atom. The Kier molecular flexibility index (Phi) is 7.73. The number of nitrogens with one attached hydrogen (secondary N) is 1. The van der Waals surface area contributed by atoms with Crippen molar-refractivity contribution < 1.29 is 48.6 Å². The third-order valence-corrected chi connectivity index (χ3v) is 8.94. The molecule has 0 unspecified atom stereocenters. The molecule has 3 N–H and O–H groups in total. The lowest BCUT2D eigenvalue weighted by Crippen LogP contribution is -2.70. The number of ether oxygens (including phenoxy) is 3. The number of carbonyl (C=O) groups excluding carboxylic acids is 2. The molecule has 4 saturated heterocycles. The van der Waals surface area contributed by atoms with Gasteiger partial charge in [0.2, 0.25) is 18.0 Å². The summed E-state index contributed by atoms with van der Waals surface area (Å²) in [5.41, 5.74) is -0.427. The van der Waals surface area contributed by atoms with Gasteiger partial charge in [-0.3, -0.25) is 9.59 Å². The van der Waals surface area contributed by atoms with Gasteiger partial charge >= 0.3 is 11.9 Å². The summed E-state index contributed by atoms with van der Waals surface area (Å²) in [6.07, 6.45) is -0.297. The zero-order valence-electron chi connectivity index (χ0n) is 22.4. The van der Waals surface area contributed by atoms with E-state index in [2.05, 4.69) is 12.2 Å². The molecule has 5 fully saturated rings. The number of fused-ring (bicyclic) bond motifs is 2. The Hall–Kier alpha value is -2.57. The van der Waals surface area contributed by atoms with Crippen LogP contribution in [0.1, 0.15) is 71.0 Å². The Bertz CT molecular complexity index is 1080. The maximum Gasteiger partial charge on any atom is 0.329 e. The fraction of sp³-hybridized carbons (Fsp3) is 0.679. The number of aliphatic carboxylic acids is 1. The fourth-order valence-corrected chi connectivity index (χ4v) is 6.77. The highest BCUT2D eigenvalue weighted by molar-refractivity contribution is 5.86. The van der Waals surface area contributed by atoms with Gasteiger partial charge in [0.15, 0.2) is 17.9 Å². The van der Waals surface area contributed by atoms with Crippen LogP contribution in [-0.2, 0) is 38.4 Å². The van der Waals surface area contributed by atoms with Crippen molar-refractivity contribution in [2.45, 2.75) is 95.4 Å². The van der Waals surface area contributed by atoms with Crippen LogP contribution in [0.3, 0.4) is 0 Å². The number of hydrogen-bond acceptors (Lipinski definition) is 9. The van der Waals surface area contributed by atoms with E-state index in [1.807, 2.05) is 13.8 Å². The van der Waals surface area contributed by atoms with Crippen LogP contribution in [-0.4, -0.2) is 58.1 Å². The number of rotatable bonds is 8. The van der Waals surface area contributed by atoms with E-state index >= 15 is 0 Å². The molecule has 4 heterocycles. The van der Waals surface area contributed by atoms with Crippen LogP contribution >= 0.6 is 0 Å². The number of benzene rings is 1. The largest absolute Gasteiger partial charge is 0.480 e. The minimum atomic E-state index is -1.57. The molecule has 6 rings (SSSR count). The highest BCUT2D eigenvalue weighted by Gasteiger charge is 2.69. The lowest BCUT2D eigenvalue weighted by Gasteiger charge is -2.59. The topological polar surface area (TPSA) is 150 Å². The second kappa shape index (κ2) is 10.8. The molecule has 39 heavy (non-hydrogen) atoms. The summed E-state index contributed by atoms with van der Waals surface area (Å²) >= 11 is 0. The van der Waals surface area contributed by atoms with E-state index in [-0.39, 0.29) is 30.6 Å². The van der Waals surface area contributed by atoms with Gasteiger partial charge in [-0.15, -0.1) is 0 Å². The van der Waals surface area contributed by atoms with Crippen molar-refractivity contribution in [3.8, 4) is 0 Å². The van der Waals surface area contributed by atoms with Crippen molar-refractivity contribution in [3.05, 3.63) is 35.9 Å². The molecule has 1 spiro atoms. The van der Waals surface area contributed by atoms with E-state index in [4.69, 9.17) is 24.0 Å². The first-order valence-electron chi connectivity index (χ1n) is 13.7. The predicted molar refractivity (Wildman–Crippen MR) is 133 cm³/mol. The van der Waals surface area contributed by atoms with Crippen LogP contribution in [0, 0.1) is 23.7 Å². The molecule has 10 atom stereocenters. The first kappa shape index (κ1) is 28.0. The first-order valence-corrected chi connectivity index (χ1v) is 13.7. The summed E-state index contributed by atoms with van der Waals surface area (Å²) in [5.74, 6) is -3.33. The van der Waals surface area contributed by atoms with Crippen LogP contribution in [0.2, 0.25) is 0 Å². The van der Waals surface area contributed by atoms with E-state index in [9.17, 15) is 24.6 Å². The molecule has 1 aliphatic carbocycles. The molecule has 1 saturated carbocycles. The number of hydrogen-bond donors (Lipinski definition) is 3. The molecular formula is C28H37NO10. The summed E-state index contributed by atoms with van der Waals surface area (Å²) in [6, 6.07) is 6.61. The average Bonchev–Trinajstić information content (AvgIpc) is 3.14. The number of carboxylic acids is 1. The second-order valence-electron chi connectivity index (χ2n) is 11.5. The van der Waals surface area contributed by atoms with E-state index in [0.29, 0.717) is 17.9 Å². The number of carboxylic acid groups (broad SMARTS) is 1. The molecule has 0 aromatic heterocycles. The van der Waals surface area contributed by atoms with Crippen molar-refractivity contribution in [1.82, 2.24) is 5.32 Å². The van der Waals surface area contributed by atoms with E-state index < -0.39 is 54.0 Å². The van der Waals surface area contributed by atoms with Crippen LogP contribution in [0.15, 0.2) is 30.3 Å². The van der Waals surface area contributed by atoms with Crippen molar-refractivity contribution >= 4 is 17.8 Å². The number of aliphatic hydroxyl groups excluding tert-OH is 1. The SMILES string of the molecule is C[C@H]1[C@H](OC(=O)CCC(=O)N[C@H](C(=O)O)[C@H](O)c2ccccc2)O[C@@H]2O[C@]3(C)CC[C@H]4[C@H](C)CC[C@@H]1[C@@]24OO3. The predicted octanol–water partition coefficient (Wildman–Crippen LogP) is 2.82. The van der Waals surface area contributed by atoms with Crippen molar-refractivity contribution in [2.75, 3.05) is 0 Å². The summed E-state index contributed by atoms with van der Waals surface area (Å²) in [5, 5.41) is 22.3. The van der Waals surface area contributed by atoms with Crippen molar-refractivity contribution in [3.63, 3.8) is 0 Å².